The van der Waals surface area contributed by atoms with Crippen LogP contribution in [0.2, 0.25) is 5.02 Å². The fraction of sp³-hybridized carbons (Fsp3) is 0.333. The molecule has 0 aliphatic carbocycles. The molecule has 0 heterocycles. The van der Waals surface area contributed by atoms with E-state index < -0.39 is 37.4 Å². The highest BCUT2D eigenvalue weighted by Gasteiger charge is 2.35. The highest BCUT2D eigenvalue weighted by atomic mass is 35.5. The van der Waals surface area contributed by atoms with E-state index in [1.165, 1.54) is 6.92 Å². The minimum Gasteiger partial charge on any atom is -0.494 e. The lowest BCUT2D eigenvalue weighted by atomic mass is 10.2. The molecule has 21 heavy (non-hydrogen) atoms. The number of hydrogen-bond acceptors (Lipinski definition) is 5. The molecule has 0 radical (unpaired) electrons. The van der Waals surface area contributed by atoms with Gasteiger partial charge in [-0.25, -0.2) is 13.2 Å². The summed E-state index contributed by atoms with van der Waals surface area (Å²) in [7, 11) is -3.09. The summed E-state index contributed by atoms with van der Waals surface area (Å²) in [6.45, 7) is 1.47. The minimum atomic E-state index is -4.22. The van der Waals surface area contributed by atoms with Gasteiger partial charge in [0.1, 0.15) is 15.7 Å². The number of aromatic carboxylic acids is 1. The molecule has 1 amide bonds. The number of carboxylic acids is 1. The van der Waals surface area contributed by atoms with Crippen LogP contribution >= 0.6 is 11.6 Å². The zero-order valence-electron chi connectivity index (χ0n) is 11.3. The number of hydrogen-bond donors (Lipinski definition) is 2. The van der Waals surface area contributed by atoms with E-state index in [1.54, 1.807) is 0 Å². The predicted molar refractivity (Wildman–Crippen MR) is 75.4 cm³/mol. The average molecular weight is 336 g/mol. The molecular formula is C12H14ClNO6S. The summed E-state index contributed by atoms with van der Waals surface area (Å²) >= 11 is 5.76. The second kappa shape index (κ2) is 6.31. The molecule has 0 saturated heterocycles. The van der Waals surface area contributed by atoms with E-state index in [9.17, 15) is 18.0 Å². The van der Waals surface area contributed by atoms with Crippen molar-refractivity contribution in [3.63, 3.8) is 0 Å². The van der Waals surface area contributed by atoms with Crippen LogP contribution in [0.25, 0.3) is 0 Å². The number of methoxy groups -OCH3 is 1. The van der Waals surface area contributed by atoms with Gasteiger partial charge in [-0.15, -0.1) is 0 Å². The van der Waals surface area contributed by atoms with Crippen molar-refractivity contribution in [2.75, 3.05) is 7.11 Å². The van der Waals surface area contributed by atoms with Crippen molar-refractivity contribution in [2.45, 2.75) is 23.5 Å². The number of carbonyl (C=O) groups excluding carboxylic acids is 1. The van der Waals surface area contributed by atoms with Crippen molar-refractivity contribution < 1.29 is 27.9 Å². The fourth-order valence-electron chi connectivity index (χ4n) is 1.88. The van der Waals surface area contributed by atoms with Crippen LogP contribution in [0.3, 0.4) is 0 Å². The van der Waals surface area contributed by atoms with Crippen molar-refractivity contribution in [2.24, 2.45) is 5.73 Å². The molecular weight excluding hydrogens is 322 g/mol. The molecule has 0 saturated carbocycles. The Kier molecular flexibility index (Phi) is 5.19. The second-order valence-electron chi connectivity index (χ2n) is 4.13. The molecule has 0 aromatic heterocycles. The Hall–Kier alpha value is -1.80. The normalized spacial score (nSPS) is 12.7. The standard InChI is InChI=1S/C12H14ClNO6S/c1-3-8(11(14)15)21(18,19)9-5-6(13)4-7(12(16)17)10(9)20-2/h4-5,8H,3H2,1-2H3,(H2,14,15)(H,16,17). The number of halogens is 1. The highest BCUT2D eigenvalue weighted by molar-refractivity contribution is 7.93. The zero-order chi connectivity index (χ0) is 16.4. The maximum atomic E-state index is 12.5. The lowest BCUT2D eigenvalue weighted by Crippen LogP contribution is -2.35. The molecule has 7 nitrogen and oxygen atoms in total. The molecule has 0 bridgehead atoms. The van der Waals surface area contributed by atoms with Gasteiger partial charge in [-0.3, -0.25) is 4.79 Å². The van der Waals surface area contributed by atoms with Crippen LogP contribution in [0.15, 0.2) is 17.0 Å². The maximum Gasteiger partial charge on any atom is 0.339 e. The molecule has 1 aromatic carbocycles. The molecule has 0 aliphatic rings. The zero-order valence-corrected chi connectivity index (χ0v) is 12.9. The number of rotatable bonds is 6. The number of amides is 1. The van der Waals surface area contributed by atoms with Crippen LogP contribution in [0.1, 0.15) is 23.7 Å². The molecule has 0 fully saturated rings. The lowest BCUT2D eigenvalue weighted by molar-refractivity contribution is -0.117. The third-order valence-electron chi connectivity index (χ3n) is 2.82. The van der Waals surface area contributed by atoms with E-state index in [1.807, 2.05) is 0 Å². The first-order valence-electron chi connectivity index (χ1n) is 5.80. The van der Waals surface area contributed by atoms with Gasteiger partial charge in [0.05, 0.1) is 7.11 Å². The Morgan fingerprint density at radius 2 is 2.00 bits per heavy atom. The predicted octanol–water partition coefficient (Wildman–Crippen LogP) is 1.08. The van der Waals surface area contributed by atoms with Gasteiger partial charge < -0.3 is 15.6 Å². The number of carbonyl (C=O) groups is 2. The molecule has 1 rings (SSSR count). The van der Waals surface area contributed by atoms with Crippen LogP contribution < -0.4 is 10.5 Å². The van der Waals surface area contributed by atoms with Gasteiger partial charge in [0.25, 0.3) is 0 Å². The average Bonchev–Trinajstić information content (AvgIpc) is 2.37. The number of nitrogens with two attached hydrogens (primary N) is 1. The summed E-state index contributed by atoms with van der Waals surface area (Å²) < 4.78 is 29.8. The quantitative estimate of drug-likeness (QED) is 0.801. The summed E-state index contributed by atoms with van der Waals surface area (Å²) in [5.74, 6) is -2.82. The van der Waals surface area contributed by atoms with Gasteiger partial charge in [-0.1, -0.05) is 18.5 Å². The lowest BCUT2D eigenvalue weighted by Gasteiger charge is -2.16. The monoisotopic (exact) mass is 335 g/mol. The smallest absolute Gasteiger partial charge is 0.339 e. The highest BCUT2D eigenvalue weighted by Crippen LogP contribution is 2.34. The van der Waals surface area contributed by atoms with Gasteiger partial charge in [0.15, 0.2) is 15.6 Å². The van der Waals surface area contributed by atoms with E-state index in [0.717, 1.165) is 19.2 Å². The third-order valence-corrected chi connectivity index (χ3v) is 5.27. The topological polar surface area (TPSA) is 124 Å². The molecule has 0 aliphatic heterocycles. The number of primary amides is 1. The number of carboxylic acid groups (broad SMARTS) is 1. The molecule has 0 spiro atoms. The van der Waals surface area contributed by atoms with Crippen LogP contribution in [-0.4, -0.2) is 37.8 Å². The van der Waals surface area contributed by atoms with E-state index >= 15 is 0 Å². The molecule has 9 heteroatoms. The largest absolute Gasteiger partial charge is 0.494 e. The Bertz CT molecular complexity index is 685. The van der Waals surface area contributed by atoms with Crippen LogP contribution in [0.4, 0.5) is 0 Å². The van der Waals surface area contributed by atoms with E-state index in [2.05, 4.69) is 0 Å². The molecule has 1 atom stereocenters. The second-order valence-corrected chi connectivity index (χ2v) is 6.67. The fourth-order valence-corrected chi connectivity index (χ4v) is 3.95. The minimum absolute atomic E-state index is 0.0598. The summed E-state index contributed by atoms with van der Waals surface area (Å²) in [6.07, 6.45) is -0.0598. The SMILES string of the molecule is CCC(C(N)=O)S(=O)(=O)c1cc(Cl)cc(C(=O)O)c1OC. The number of sulfone groups is 1. The van der Waals surface area contributed by atoms with E-state index in [0.29, 0.717) is 0 Å². The first-order chi connectivity index (χ1) is 9.66. The molecule has 1 unspecified atom stereocenters. The van der Waals surface area contributed by atoms with Gasteiger partial charge >= 0.3 is 5.97 Å². The Balaban J connectivity index is 3.70. The first kappa shape index (κ1) is 17.3. The van der Waals surface area contributed by atoms with Crippen molar-refractivity contribution in [1.29, 1.82) is 0 Å². The summed E-state index contributed by atoms with van der Waals surface area (Å²) in [5.41, 5.74) is 4.68. The van der Waals surface area contributed by atoms with Crippen molar-refractivity contribution in [3.8, 4) is 5.75 Å². The Morgan fingerprint density at radius 1 is 1.43 bits per heavy atom. The van der Waals surface area contributed by atoms with E-state index in [4.69, 9.17) is 27.2 Å². The number of ether oxygens (including phenoxy) is 1. The molecule has 3 N–H and O–H groups in total. The summed E-state index contributed by atoms with van der Waals surface area (Å²) in [4.78, 5) is 22.0. The molecule has 116 valence electrons. The Morgan fingerprint density at radius 3 is 2.38 bits per heavy atom. The summed E-state index contributed by atoms with van der Waals surface area (Å²) in [6, 6.07) is 2.10. The van der Waals surface area contributed by atoms with Crippen molar-refractivity contribution in [1.82, 2.24) is 0 Å². The maximum absolute atomic E-state index is 12.5. The van der Waals surface area contributed by atoms with E-state index in [-0.39, 0.29) is 17.2 Å². The van der Waals surface area contributed by atoms with Crippen LogP contribution in [0.5, 0.6) is 5.75 Å². The summed E-state index contributed by atoms with van der Waals surface area (Å²) in [5, 5.41) is 7.49. The molecule has 1 aromatic rings. The number of benzene rings is 1. The van der Waals surface area contributed by atoms with Crippen molar-refractivity contribution in [3.05, 3.63) is 22.7 Å². The van der Waals surface area contributed by atoms with Gasteiger partial charge in [0, 0.05) is 5.02 Å². The van der Waals surface area contributed by atoms with Crippen LogP contribution in [0, 0.1) is 0 Å². The third kappa shape index (κ3) is 3.27. The van der Waals surface area contributed by atoms with Gasteiger partial charge in [0.2, 0.25) is 5.91 Å². The van der Waals surface area contributed by atoms with Crippen LogP contribution in [-0.2, 0) is 14.6 Å². The first-order valence-corrected chi connectivity index (χ1v) is 7.73. The van der Waals surface area contributed by atoms with Crippen molar-refractivity contribution >= 4 is 33.3 Å². The van der Waals surface area contributed by atoms with Gasteiger partial charge in [-0.05, 0) is 18.6 Å². The Labute approximate surface area is 126 Å². The van der Waals surface area contributed by atoms with Gasteiger partial charge in [-0.2, -0.15) is 0 Å².